The Balaban J connectivity index is 1.75. The van der Waals surface area contributed by atoms with Gasteiger partial charge >= 0.3 is 6.18 Å². The molecule has 0 aromatic carbocycles. The van der Waals surface area contributed by atoms with E-state index in [2.05, 4.69) is 5.10 Å². The minimum atomic E-state index is -4.38. The van der Waals surface area contributed by atoms with E-state index in [0.29, 0.717) is 32.7 Å². The highest BCUT2D eigenvalue weighted by Gasteiger charge is 2.40. The van der Waals surface area contributed by atoms with E-state index in [1.165, 1.54) is 10.9 Å². The van der Waals surface area contributed by atoms with Crippen molar-refractivity contribution in [1.29, 1.82) is 0 Å². The summed E-state index contributed by atoms with van der Waals surface area (Å²) in [5.41, 5.74) is -1.07. The fraction of sp³-hybridized carbons (Fsp3) is 0.769. The first kappa shape index (κ1) is 13.9. The minimum absolute atomic E-state index is 0.0297. The van der Waals surface area contributed by atoms with Gasteiger partial charge < -0.3 is 9.47 Å². The molecular formula is C13H17F3N2O2. The Kier molecular flexibility index (Phi) is 3.50. The smallest absolute Gasteiger partial charge is 0.381 e. The van der Waals surface area contributed by atoms with Crippen molar-refractivity contribution in [3.8, 4) is 0 Å². The second-order valence-corrected chi connectivity index (χ2v) is 5.47. The van der Waals surface area contributed by atoms with Crippen LogP contribution in [0, 0.1) is 0 Å². The van der Waals surface area contributed by atoms with Crippen LogP contribution in [-0.4, -0.2) is 35.2 Å². The quantitative estimate of drug-likeness (QED) is 0.798. The zero-order valence-electron chi connectivity index (χ0n) is 11.0. The highest BCUT2D eigenvalue weighted by atomic mass is 19.4. The van der Waals surface area contributed by atoms with Crippen LogP contribution < -0.4 is 0 Å². The van der Waals surface area contributed by atoms with E-state index in [1.807, 2.05) is 0 Å². The molecule has 4 nitrogen and oxygen atoms in total. The zero-order chi connectivity index (χ0) is 14.2. The van der Waals surface area contributed by atoms with Crippen molar-refractivity contribution in [1.82, 2.24) is 9.78 Å². The molecule has 0 saturated carbocycles. The van der Waals surface area contributed by atoms with Crippen molar-refractivity contribution in [2.24, 2.45) is 0 Å². The lowest BCUT2D eigenvalue weighted by molar-refractivity contribution is -0.147. The molecule has 112 valence electrons. The Bertz CT molecular complexity index is 461. The fourth-order valence-corrected chi connectivity index (χ4v) is 3.01. The molecule has 1 atom stereocenters. The molecule has 2 saturated heterocycles. The molecule has 0 amide bonds. The van der Waals surface area contributed by atoms with E-state index in [9.17, 15) is 13.2 Å². The lowest BCUT2D eigenvalue weighted by atomic mass is 9.84. The number of hydrogen-bond donors (Lipinski definition) is 0. The monoisotopic (exact) mass is 290 g/mol. The number of aromatic nitrogens is 2. The maximum absolute atomic E-state index is 12.6. The van der Waals surface area contributed by atoms with Crippen molar-refractivity contribution < 1.29 is 22.6 Å². The summed E-state index contributed by atoms with van der Waals surface area (Å²) in [6, 6.07) is 1.00. The Hall–Kier alpha value is -1.08. The molecule has 7 heteroatoms. The molecule has 1 spiro atoms. The maximum Gasteiger partial charge on any atom is 0.435 e. The normalized spacial score (nSPS) is 26.9. The largest absolute Gasteiger partial charge is 0.435 e. The Labute approximate surface area is 114 Å². The van der Waals surface area contributed by atoms with E-state index in [0.717, 1.165) is 18.9 Å². The fourth-order valence-electron chi connectivity index (χ4n) is 3.01. The van der Waals surface area contributed by atoms with Crippen LogP contribution in [0.15, 0.2) is 12.3 Å². The summed E-state index contributed by atoms with van der Waals surface area (Å²) in [6.07, 6.45) is 0.0450. The highest BCUT2D eigenvalue weighted by molar-refractivity contribution is 5.04. The lowest BCUT2D eigenvalue weighted by Gasteiger charge is -2.43. The molecule has 2 aliphatic heterocycles. The zero-order valence-corrected chi connectivity index (χ0v) is 11.0. The van der Waals surface area contributed by atoms with Gasteiger partial charge in [-0.2, -0.15) is 18.3 Å². The van der Waals surface area contributed by atoms with Gasteiger partial charge in [-0.1, -0.05) is 0 Å². The lowest BCUT2D eigenvalue weighted by Crippen LogP contribution is -2.44. The Morgan fingerprint density at radius 1 is 1.25 bits per heavy atom. The first-order valence-electron chi connectivity index (χ1n) is 6.83. The van der Waals surface area contributed by atoms with Gasteiger partial charge in [-0.3, -0.25) is 4.68 Å². The van der Waals surface area contributed by atoms with E-state index < -0.39 is 11.9 Å². The third-order valence-corrected chi connectivity index (χ3v) is 4.14. The van der Waals surface area contributed by atoms with Gasteiger partial charge in [0.05, 0.1) is 11.6 Å². The second kappa shape index (κ2) is 5.04. The topological polar surface area (TPSA) is 36.3 Å². The number of hydrogen-bond acceptors (Lipinski definition) is 3. The predicted molar refractivity (Wildman–Crippen MR) is 64.2 cm³/mol. The molecule has 1 aromatic rings. The second-order valence-electron chi connectivity index (χ2n) is 5.47. The van der Waals surface area contributed by atoms with Gasteiger partial charge in [0.1, 0.15) is 0 Å². The molecule has 3 heterocycles. The van der Waals surface area contributed by atoms with Gasteiger partial charge in [-0.05, 0) is 31.7 Å². The number of nitrogens with zero attached hydrogens (tertiary/aromatic N) is 2. The number of rotatable bonds is 1. The molecule has 0 radical (unpaired) electrons. The van der Waals surface area contributed by atoms with Gasteiger partial charge in [-0.25, -0.2) is 0 Å². The molecule has 0 N–H and O–H groups in total. The molecule has 2 aliphatic rings. The highest BCUT2D eigenvalue weighted by Crippen LogP contribution is 2.39. The molecule has 1 unspecified atom stereocenters. The van der Waals surface area contributed by atoms with Gasteiger partial charge in [0.25, 0.3) is 0 Å². The first-order valence-corrected chi connectivity index (χ1v) is 6.83. The summed E-state index contributed by atoms with van der Waals surface area (Å²) in [5, 5.41) is 3.69. The van der Waals surface area contributed by atoms with Gasteiger partial charge in [-0.15, -0.1) is 0 Å². The Morgan fingerprint density at radius 3 is 2.65 bits per heavy atom. The molecule has 0 bridgehead atoms. The van der Waals surface area contributed by atoms with Gasteiger partial charge in [0.2, 0.25) is 0 Å². The van der Waals surface area contributed by atoms with Crippen LogP contribution in [-0.2, 0) is 15.7 Å². The molecule has 0 aliphatic carbocycles. The number of ether oxygens (including phenoxy) is 2. The van der Waals surface area contributed by atoms with Crippen LogP contribution in [0.5, 0.6) is 0 Å². The summed E-state index contributed by atoms with van der Waals surface area (Å²) in [5.74, 6) is 0. The predicted octanol–water partition coefficient (Wildman–Crippen LogP) is 2.80. The van der Waals surface area contributed by atoms with E-state index in [4.69, 9.17) is 9.47 Å². The third-order valence-electron chi connectivity index (χ3n) is 4.14. The maximum atomic E-state index is 12.6. The van der Waals surface area contributed by atoms with Crippen molar-refractivity contribution >= 4 is 0 Å². The summed E-state index contributed by atoms with van der Waals surface area (Å²) in [4.78, 5) is 0. The van der Waals surface area contributed by atoms with Crippen LogP contribution >= 0.6 is 0 Å². The van der Waals surface area contributed by atoms with Crippen molar-refractivity contribution in [2.45, 2.75) is 43.5 Å². The van der Waals surface area contributed by atoms with Crippen molar-refractivity contribution in [3.05, 3.63) is 18.0 Å². The molecule has 2 fully saturated rings. The summed E-state index contributed by atoms with van der Waals surface area (Å²) < 4.78 is 50.5. The van der Waals surface area contributed by atoms with E-state index in [1.54, 1.807) is 0 Å². The van der Waals surface area contributed by atoms with Crippen LogP contribution in [0.25, 0.3) is 0 Å². The summed E-state index contributed by atoms with van der Waals surface area (Å²) in [6.45, 7) is 1.87. The molecule has 3 rings (SSSR count). The molecule has 1 aromatic heterocycles. The van der Waals surface area contributed by atoms with Crippen LogP contribution in [0.2, 0.25) is 0 Å². The van der Waals surface area contributed by atoms with Crippen molar-refractivity contribution in [2.75, 3.05) is 19.8 Å². The average Bonchev–Trinajstić information content (AvgIpc) is 2.89. The summed E-state index contributed by atoms with van der Waals surface area (Å²) >= 11 is 0. The first-order chi connectivity index (χ1) is 9.49. The SMILES string of the molecule is FC(F)(F)c1ccn(C2CCOC3(CCOCC3)C2)n1. The number of alkyl halides is 3. The molecule has 20 heavy (non-hydrogen) atoms. The van der Waals surface area contributed by atoms with Crippen LogP contribution in [0.3, 0.4) is 0 Å². The molecular weight excluding hydrogens is 273 g/mol. The van der Waals surface area contributed by atoms with E-state index >= 15 is 0 Å². The average molecular weight is 290 g/mol. The van der Waals surface area contributed by atoms with Crippen molar-refractivity contribution in [3.63, 3.8) is 0 Å². The van der Waals surface area contributed by atoms with Crippen LogP contribution in [0.4, 0.5) is 13.2 Å². The number of halogens is 3. The standard InChI is InChI=1S/C13H17F3N2O2/c14-13(15,16)11-1-5-18(17-11)10-2-6-20-12(9-10)3-7-19-8-4-12/h1,5,10H,2-4,6-9H2. The van der Waals surface area contributed by atoms with Crippen LogP contribution in [0.1, 0.15) is 37.4 Å². The Morgan fingerprint density at radius 2 is 2.00 bits per heavy atom. The van der Waals surface area contributed by atoms with Gasteiger partial charge in [0, 0.05) is 26.0 Å². The van der Waals surface area contributed by atoms with E-state index in [-0.39, 0.29) is 11.6 Å². The third kappa shape index (κ3) is 2.69. The summed E-state index contributed by atoms with van der Waals surface area (Å²) in [7, 11) is 0. The van der Waals surface area contributed by atoms with Gasteiger partial charge in [0.15, 0.2) is 5.69 Å². The minimum Gasteiger partial charge on any atom is -0.381 e.